The van der Waals surface area contributed by atoms with E-state index in [1.54, 1.807) is 43.3 Å². The Hall–Kier alpha value is -3.40. The lowest BCUT2D eigenvalue weighted by atomic mass is 10.1. The van der Waals surface area contributed by atoms with Crippen LogP contribution in [0.25, 0.3) is 0 Å². The van der Waals surface area contributed by atoms with Gasteiger partial charge < -0.3 is 5.32 Å². The van der Waals surface area contributed by atoms with Gasteiger partial charge in [-0.15, -0.1) is 0 Å². The first kappa shape index (κ1) is 23.3. The Balaban J connectivity index is 1.81. The topological polar surface area (TPSA) is 79.4 Å². The number of rotatable bonds is 6. The molecule has 0 aliphatic rings. The van der Waals surface area contributed by atoms with E-state index in [0.29, 0.717) is 22.5 Å². The number of amides is 1. The lowest BCUT2D eigenvalue weighted by Gasteiger charge is -2.21. The molecule has 1 heterocycles. The molecule has 3 rings (SSSR count). The molecule has 10 heteroatoms. The summed E-state index contributed by atoms with van der Waals surface area (Å²) in [5.74, 6) is -0.504. The number of nitrogens with one attached hydrogen (secondary N) is 1. The van der Waals surface area contributed by atoms with Crippen LogP contribution < -0.4 is 9.62 Å². The Morgan fingerprint density at radius 1 is 1.03 bits per heavy atom. The number of nitrogens with zero attached hydrogens (tertiary/aromatic N) is 2. The number of hydrogen-bond donors (Lipinski definition) is 2. The molecule has 0 aliphatic heterocycles. The Kier molecular flexibility index (Phi) is 6.83. The molecular weight excluding hydrogens is 443 g/mol. The van der Waals surface area contributed by atoms with Crippen molar-refractivity contribution in [1.82, 2.24) is 10.3 Å². The maximum Gasteiger partial charge on any atom is 0.433 e. The molecule has 0 radical (unpaired) electrons. The minimum Gasteiger partial charge on any atom is -0.348 e. The molecule has 6 nitrogen and oxygen atoms in total. The molecule has 0 unspecified atom stereocenters. The number of hydrogen-bond acceptors (Lipinski definition) is 4. The number of carbonyl (C=O) groups is 1. The third-order valence-electron chi connectivity index (χ3n) is 4.71. The van der Waals surface area contributed by atoms with Gasteiger partial charge in [-0.2, -0.15) is 13.2 Å². The summed E-state index contributed by atoms with van der Waals surface area (Å²) in [6, 6.07) is 13.6. The van der Waals surface area contributed by atoms with E-state index in [0.717, 1.165) is 22.1 Å². The highest BCUT2D eigenvalue weighted by molar-refractivity contribution is 7.74. The van der Waals surface area contributed by atoms with Crippen molar-refractivity contribution < 1.29 is 26.4 Å². The van der Waals surface area contributed by atoms with E-state index in [-0.39, 0.29) is 12.1 Å². The van der Waals surface area contributed by atoms with Crippen LogP contribution in [0.4, 0.5) is 24.5 Å². The minimum atomic E-state index is -4.54. The fraction of sp³-hybridized carbons (Fsp3) is 0.182. The van der Waals surface area contributed by atoms with Crippen LogP contribution in [-0.2, 0) is 23.6 Å². The van der Waals surface area contributed by atoms with Gasteiger partial charge in [0.15, 0.2) is 0 Å². The summed E-state index contributed by atoms with van der Waals surface area (Å²) in [5, 5.41) is 2.61. The van der Waals surface area contributed by atoms with Crippen molar-refractivity contribution in [3.8, 4) is 0 Å². The molecule has 0 aliphatic carbocycles. The number of alkyl halides is 3. The quantitative estimate of drug-likeness (QED) is 0.534. The number of aryl methyl sites for hydroxylation is 2. The van der Waals surface area contributed by atoms with Crippen LogP contribution >= 0.6 is 0 Å². The summed E-state index contributed by atoms with van der Waals surface area (Å²) in [5.41, 5.74) is 1.96. The third-order valence-corrected chi connectivity index (χ3v) is 5.48. The van der Waals surface area contributed by atoms with Gasteiger partial charge in [-0.25, -0.2) is 12.7 Å². The standard InChI is InChI=1S/C22H20F3N3O3S/c1-14-3-8-18(9-4-14)28(32(30)31)19-11-17(7-5-15(19)2)21(29)27-13-16-6-10-20(26-12-16)22(23,24)25/h3-12,32H,13H2,1-2H3,(H,27,29). The van der Waals surface area contributed by atoms with Gasteiger partial charge in [0.05, 0.1) is 11.4 Å². The van der Waals surface area contributed by atoms with Crippen molar-refractivity contribution in [2.24, 2.45) is 0 Å². The zero-order chi connectivity index (χ0) is 23.5. The second-order valence-corrected chi connectivity index (χ2v) is 7.99. The molecule has 3 aromatic rings. The van der Waals surface area contributed by atoms with Gasteiger partial charge in [0.2, 0.25) is 10.9 Å². The van der Waals surface area contributed by atoms with Crippen LogP contribution in [0, 0.1) is 13.8 Å². The normalized spacial score (nSPS) is 11.4. The van der Waals surface area contributed by atoms with Crippen molar-refractivity contribution in [1.29, 1.82) is 0 Å². The first-order valence-electron chi connectivity index (χ1n) is 9.48. The highest BCUT2D eigenvalue weighted by Crippen LogP contribution is 2.30. The number of carbonyl (C=O) groups excluding carboxylic acids is 1. The van der Waals surface area contributed by atoms with Crippen LogP contribution in [0.2, 0.25) is 0 Å². The average molecular weight is 463 g/mol. The van der Waals surface area contributed by atoms with Crippen molar-refractivity contribution in [2.75, 3.05) is 4.31 Å². The van der Waals surface area contributed by atoms with Gasteiger partial charge in [0, 0.05) is 18.3 Å². The predicted octanol–water partition coefficient (Wildman–Crippen LogP) is 4.31. The minimum absolute atomic E-state index is 0.0370. The van der Waals surface area contributed by atoms with E-state index in [4.69, 9.17) is 0 Å². The fourth-order valence-corrected chi connectivity index (χ4v) is 3.68. The molecule has 2 aromatic carbocycles. The molecule has 32 heavy (non-hydrogen) atoms. The van der Waals surface area contributed by atoms with Gasteiger partial charge in [-0.1, -0.05) is 29.8 Å². The Morgan fingerprint density at radius 2 is 1.72 bits per heavy atom. The fourth-order valence-electron chi connectivity index (χ4n) is 2.97. The van der Waals surface area contributed by atoms with E-state index in [1.165, 1.54) is 12.1 Å². The first-order chi connectivity index (χ1) is 15.1. The number of anilines is 2. The van der Waals surface area contributed by atoms with Gasteiger partial charge in [-0.05, 0) is 55.3 Å². The molecule has 0 fully saturated rings. The Bertz CT molecular complexity index is 1180. The second-order valence-electron chi connectivity index (χ2n) is 7.12. The van der Waals surface area contributed by atoms with Crippen molar-refractivity contribution >= 4 is 28.2 Å². The number of halogens is 3. The highest BCUT2D eigenvalue weighted by atomic mass is 32.2. The maximum atomic E-state index is 12.6. The van der Waals surface area contributed by atoms with E-state index in [2.05, 4.69) is 10.3 Å². The molecule has 168 valence electrons. The first-order valence-corrected chi connectivity index (χ1v) is 10.6. The molecule has 0 spiro atoms. The van der Waals surface area contributed by atoms with E-state index in [9.17, 15) is 26.4 Å². The summed E-state index contributed by atoms with van der Waals surface area (Å²) in [6.07, 6.45) is -3.49. The van der Waals surface area contributed by atoms with Gasteiger partial charge in [-0.3, -0.25) is 9.78 Å². The smallest absolute Gasteiger partial charge is 0.348 e. The lowest BCUT2D eigenvalue weighted by Crippen LogP contribution is -2.24. The number of pyridine rings is 1. The van der Waals surface area contributed by atoms with Crippen LogP contribution in [0.15, 0.2) is 60.8 Å². The maximum absolute atomic E-state index is 12.6. The van der Waals surface area contributed by atoms with E-state index >= 15 is 0 Å². The SMILES string of the molecule is Cc1ccc(N(c2cc(C(=O)NCc3ccc(C(F)(F)F)nc3)ccc2C)[SH](=O)=O)cc1. The Morgan fingerprint density at radius 3 is 2.28 bits per heavy atom. The summed E-state index contributed by atoms with van der Waals surface area (Å²) in [4.78, 5) is 16.0. The van der Waals surface area contributed by atoms with Crippen molar-refractivity contribution in [2.45, 2.75) is 26.6 Å². The number of benzene rings is 2. The molecule has 0 saturated heterocycles. The molecule has 0 atom stereocenters. The van der Waals surface area contributed by atoms with Gasteiger partial charge >= 0.3 is 6.18 Å². The zero-order valence-electron chi connectivity index (χ0n) is 17.2. The van der Waals surface area contributed by atoms with E-state index < -0.39 is 28.7 Å². The summed E-state index contributed by atoms with van der Waals surface area (Å²) < 4.78 is 63.0. The van der Waals surface area contributed by atoms with Crippen molar-refractivity contribution in [3.05, 3.63) is 88.7 Å². The number of aromatic nitrogens is 1. The summed E-state index contributed by atoms with van der Waals surface area (Å²) in [7, 11) is -3.03. The van der Waals surface area contributed by atoms with Gasteiger partial charge in [0.1, 0.15) is 5.69 Å². The molecular formula is C22H20F3N3O3S. The van der Waals surface area contributed by atoms with Crippen LogP contribution in [0.3, 0.4) is 0 Å². The second kappa shape index (κ2) is 9.39. The summed E-state index contributed by atoms with van der Waals surface area (Å²) >= 11 is 0. The molecule has 1 amide bonds. The molecule has 0 bridgehead atoms. The van der Waals surface area contributed by atoms with Gasteiger partial charge in [0.25, 0.3) is 5.91 Å². The molecule has 0 saturated carbocycles. The highest BCUT2D eigenvalue weighted by Gasteiger charge is 2.32. The molecule has 1 aromatic heterocycles. The Labute approximate surface area is 184 Å². The third kappa shape index (κ3) is 5.44. The summed E-state index contributed by atoms with van der Waals surface area (Å²) in [6.45, 7) is 3.57. The monoisotopic (exact) mass is 463 g/mol. The predicted molar refractivity (Wildman–Crippen MR) is 115 cm³/mol. The van der Waals surface area contributed by atoms with Crippen LogP contribution in [0.5, 0.6) is 0 Å². The van der Waals surface area contributed by atoms with Crippen LogP contribution in [-0.4, -0.2) is 19.3 Å². The largest absolute Gasteiger partial charge is 0.433 e. The average Bonchev–Trinajstić information content (AvgIpc) is 2.74. The zero-order valence-corrected chi connectivity index (χ0v) is 18.1. The van der Waals surface area contributed by atoms with Crippen LogP contribution in [0.1, 0.15) is 32.7 Å². The lowest BCUT2D eigenvalue weighted by molar-refractivity contribution is -0.141. The molecule has 1 N–H and O–H groups in total. The van der Waals surface area contributed by atoms with Crippen molar-refractivity contribution in [3.63, 3.8) is 0 Å². The van der Waals surface area contributed by atoms with E-state index in [1.807, 2.05) is 6.92 Å². The number of thiol groups is 1.